The molecular weight excluding hydrogens is 250 g/mol. The van der Waals surface area contributed by atoms with Gasteiger partial charge in [-0.1, -0.05) is 30.3 Å². The van der Waals surface area contributed by atoms with E-state index in [1.165, 1.54) is 5.56 Å². The largest absolute Gasteiger partial charge is 0.378 e. The molecule has 0 bridgehead atoms. The van der Waals surface area contributed by atoms with Gasteiger partial charge in [0.05, 0.1) is 6.10 Å². The molecule has 110 valence electrons. The van der Waals surface area contributed by atoms with Crippen molar-refractivity contribution < 1.29 is 4.74 Å². The molecule has 2 rings (SSSR count). The highest BCUT2D eigenvalue weighted by Gasteiger charge is 2.21. The number of aliphatic imine (C=N–C) groups is 1. The lowest BCUT2D eigenvalue weighted by Gasteiger charge is -2.34. The highest BCUT2D eigenvalue weighted by Crippen LogP contribution is 2.13. The first-order valence-corrected chi connectivity index (χ1v) is 7.44. The van der Waals surface area contributed by atoms with E-state index in [1.807, 2.05) is 13.1 Å². The molecule has 1 aromatic rings. The Morgan fingerprint density at radius 1 is 1.30 bits per heavy atom. The third kappa shape index (κ3) is 4.23. The number of hydrogen-bond acceptors (Lipinski definition) is 2. The molecule has 0 spiro atoms. The molecule has 0 aromatic heterocycles. The summed E-state index contributed by atoms with van der Waals surface area (Å²) >= 11 is 0. The van der Waals surface area contributed by atoms with Crippen molar-refractivity contribution in [2.24, 2.45) is 4.99 Å². The Kier molecular flexibility index (Phi) is 5.87. The van der Waals surface area contributed by atoms with E-state index >= 15 is 0 Å². The predicted octanol–water partition coefficient (Wildman–Crippen LogP) is 2.26. The Balaban J connectivity index is 1.81. The summed E-state index contributed by atoms with van der Waals surface area (Å²) in [5.74, 6) is 0.990. The molecule has 0 saturated carbocycles. The van der Waals surface area contributed by atoms with E-state index in [0.29, 0.717) is 6.10 Å². The van der Waals surface area contributed by atoms with Crippen LogP contribution in [0, 0.1) is 0 Å². The molecule has 20 heavy (non-hydrogen) atoms. The maximum atomic E-state index is 5.69. The smallest absolute Gasteiger partial charge is 0.193 e. The molecule has 1 aliphatic rings. The van der Waals surface area contributed by atoms with Crippen molar-refractivity contribution in [1.29, 1.82) is 0 Å². The quantitative estimate of drug-likeness (QED) is 0.676. The minimum Gasteiger partial charge on any atom is -0.378 e. The van der Waals surface area contributed by atoms with Crippen molar-refractivity contribution in [3.63, 3.8) is 0 Å². The van der Waals surface area contributed by atoms with Crippen LogP contribution in [0.4, 0.5) is 0 Å². The molecule has 1 aliphatic heterocycles. The summed E-state index contributed by atoms with van der Waals surface area (Å²) in [5, 5.41) is 3.44. The molecule has 1 saturated heterocycles. The van der Waals surface area contributed by atoms with E-state index in [4.69, 9.17) is 4.74 Å². The molecule has 0 unspecified atom stereocenters. The van der Waals surface area contributed by atoms with Crippen molar-refractivity contribution in [2.45, 2.75) is 32.4 Å². The van der Waals surface area contributed by atoms with Gasteiger partial charge >= 0.3 is 0 Å². The van der Waals surface area contributed by atoms with Gasteiger partial charge < -0.3 is 15.0 Å². The molecule has 0 atom stereocenters. The van der Waals surface area contributed by atoms with Gasteiger partial charge in [-0.15, -0.1) is 0 Å². The van der Waals surface area contributed by atoms with Crippen LogP contribution in [0.15, 0.2) is 35.3 Å². The average molecular weight is 275 g/mol. The summed E-state index contributed by atoms with van der Waals surface area (Å²) in [6, 6.07) is 10.4. The number of piperidine rings is 1. The van der Waals surface area contributed by atoms with Crippen LogP contribution in [-0.2, 0) is 11.3 Å². The van der Waals surface area contributed by atoms with Crippen molar-refractivity contribution in [2.75, 3.05) is 26.7 Å². The Hall–Kier alpha value is -1.55. The van der Waals surface area contributed by atoms with Gasteiger partial charge in [-0.05, 0) is 25.3 Å². The molecule has 1 fully saturated rings. The number of ether oxygens (including phenoxy) is 1. The minimum absolute atomic E-state index is 0.420. The SMILES string of the molecule is CCOC1CCN(C(=NC)NCc2ccccc2)CC1. The fraction of sp³-hybridized carbons (Fsp3) is 0.562. The third-order valence-corrected chi connectivity index (χ3v) is 3.65. The molecule has 1 heterocycles. The number of guanidine groups is 1. The molecule has 4 heteroatoms. The summed E-state index contributed by atoms with van der Waals surface area (Å²) < 4.78 is 5.69. The van der Waals surface area contributed by atoms with Gasteiger partial charge in [0.15, 0.2) is 5.96 Å². The topological polar surface area (TPSA) is 36.9 Å². The van der Waals surface area contributed by atoms with Crippen LogP contribution in [-0.4, -0.2) is 43.7 Å². The van der Waals surface area contributed by atoms with Gasteiger partial charge in [0, 0.05) is 33.3 Å². The standard InChI is InChI=1S/C16H25N3O/c1-3-20-15-9-11-19(12-10-15)16(17-2)18-13-14-7-5-4-6-8-14/h4-8,15H,3,9-13H2,1-2H3,(H,17,18). The second-order valence-corrected chi connectivity index (χ2v) is 5.03. The number of benzene rings is 1. The third-order valence-electron chi connectivity index (χ3n) is 3.65. The van der Waals surface area contributed by atoms with Crippen LogP contribution in [0.2, 0.25) is 0 Å². The summed E-state index contributed by atoms with van der Waals surface area (Å²) in [5.41, 5.74) is 1.28. The molecule has 0 amide bonds. The average Bonchev–Trinajstić information content (AvgIpc) is 2.51. The first-order chi connectivity index (χ1) is 9.83. The molecular formula is C16H25N3O. The van der Waals surface area contributed by atoms with Gasteiger partial charge in [0.25, 0.3) is 0 Å². The van der Waals surface area contributed by atoms with Gasteiger partial charge in [0.1, 0.15) is 0 Å². The van der Waals surface area contributed by atoms with Gasteiger partial charge in [0.2, 0.25) is 0 Å². The Morgan fingerprint density at radius 2 is 2.00 bits per heavy atom. The number of rotatable bonds is 4. The zero-order valence-electron chi connectivity index (χ0n) is 12.5. The summed E-state index contributed by atoms with van der Waals surface area (Å²) in [6.07, 6.45) is 2.59. The van der Waals surface area contributed by atoms with Crippen LogP contribution < -0.4 is 5.32 Å². The lowest BCUT2D eigenvalue weighted by molar-refractivity contribution is 0.0263. The highest BCUT2D eigenvalue weighted by molar-refractivity contribution is 5.79. The Morgan fingerprint density at radius 3 is 2.60 bits per heavy atom. The zero-order chi connectivity index (χ0) is 14.2. The van der Waals surface area contributed by atoms with Crippen molar-refractivity contribution in [1.82, 2.24) is 10.2 Å². The Labute approximate surface area is 121 Å². The molecule has 4 nitrogen and oxygen atoms in total. The molecule has 1 N–H and O–H groups in total. The lowest BCUT2D eigenvalue weighted by Crippen LogP contribution is -2.46. The fourth-order valence-electron chi connectivity index (χ4n) is 2.58. The minimum atomic E-state index is 0.420. The first-order valence-electron chi connectivity index (χ1n) is 7.44. The van der Waals surface area contributed by atoms with Crippen LogP contribution in [0.3, 0.4) is 0 Å². The number of hydrogen-bond donors (Lipinski definition) is 1. The van der Waals surface area contributed by atoms with E-state index < -0.39 is 0 Å². The fourth-order valence-corrected chi connectivity index (χ4v) is 2.58. The monoisotopic (exact) mass is 275 g/mol. The highest BCUT2D eigenvalue weighted by atomic mass is 16.5. The van der Waals surface area contributed by atoms with Crippen LogP contribution in [0.1, 0.15) is 25.3 Å². The predicted molar refractivity (Wildman–Crippen MR) is 82.9 cm³/mol. The normalized spacial score (nSPS) is 17.3. The van der Waals surface area contributed by atoms with E-state index in [2.05, 4.69) is 46.4 Å². The van der Waals surface area contributed by atoms with Crippen molar-refractivity contribution >= 4 is 5.96 Å². The first kappa shape index (κ1) is 14.9. The molecule has 1 aromatic carbocycles. The van der Waals surface area contributed by atoms with E-state index in [0.717, 1.165) is 45.0 Å². The van der Waals surface area contributed by atoms with Crippen LogP contribution in [0.25, 0.3) is 0 Å². The van der Waals surface area contributed by atoms with Gasteiger partial charge in [-0.2, -0.15) is 0 Å². The lowest BCUT2D eigenvalue weighted by atomic mass is 10.1. The number of nitrogens with zero attached hydrogens (tertiary/aromatic N) is 2. The second kappa shape index (κ2) is 7.90. The van der Waals surface area contributed by atoms with E-state index in [1.54, 1.807) is 0 Å². The van der Waals surface area contributed by atoms with Crippen molar-refractivity contribution in [3.8, 4) is 0 Å². The molecule has 0 aliphatic carbocycles. The maximum Gasteiger partial charge on any atom is 0.193 e. The van der Waals surface area contributed by atoms with Gasteiger partial charge in [-0.25, -0.2) is 0 Å². The van der Waals surface area contributed by atoms with Gasteiger partial charge in [-0.3, -0.25) is 4.99 Å². The summed E-state index contributed by atoms with van der Waals surface area (Å²) in [4.78, 5) is 6.71. The molecule has 0 radical (unpaired) electrons. The van der Waals surface area contributed by atoms with E-state index in [9.17, 15) is 0 Å². The Bertz CT molecular complexity index is 411. The van der Waals surface area contributed by atoms with Crippen LogP contribution in [0.5, 0.6) is 0 Å². The summed E-state index contributed by atoms with van der Waals surface area (Å²) in [6.45, 7) is 5.72. The van der Waals surface area contributed by atoms with Crippen molar-refractivity contribution in [3.05, 3.63) is 35.9 Å². The zero-order valence-corrected chi connectivity index (χ0v) is 12.5. The van der Waals surface area contributed by atoms with E-state index in [-0.39, 0.29) is 0 Å². The maximum absolute atomic E-state index is 5.69. The van der Waals surface area contributed by atoms with Crippen LogP contribution >= 0.6 is 0 Å². The second-order valence-electron chi connectivity index (χ2n) is 5.03. The number of likely N-dealkylation sites (tertiary alicyclic amines) is 1. The number of nitrogens with one attached hydrogen (secondary N) is 1. The summed E-state index contributed by atoms with van der Waals surface area (Å²) in [7, 11) is 1.85.